The maximum atomic E-state index is 13.0. The molecule has 0 spiro atoms. The average molecular weight is 455 g/mol. The standard InChI is InChI=1S/C27H22N2O3S/c30-26(28-23(20-11-5-2-6-12-20)17-19-9-3-1-4-10-19)25-16-15-21(31-25)18-33-27-29-22-13-7-8-14-24(22)32-27/h1-16,23H,17-18H2,(H,28,30). The van der Waals surface area contributed by atoms with Crippen LogP contribution in [-0.4, -0.2) is 10.9 Å². The summed E-state index contributed by atoms with van der Waals surface area (Å²) in [5.41, 5.74) is 3.78. The molecule has 2 heterocycles. The molecule has 6 heteroatoms. The van der Waals surface area contributed by atoms with Gasteiger partial charge in [0.1, 0.15) is 11.3 Å². The molecule has 0 radical (unpaired) electrons. The maximum absolute atomic E-state index is 13.0. The zero-order chi connectivity index (χ0) is 22.5. The molecule has 0 aliphatic rings. The van der Waals surface area contributed by atoms with Crippen molar-refractivity contribution in [3.05, 3.63) is 120 Å². The topological polar surface area (TPSA) is 68.3 Å². The van der Waals surface area contributed by atoms with Gasteiger partial charge < -0.3 is 14.2 Å². The summed E-state index contributed by atoms with van der Waals surface area (Å²) in [5.74, 6) is 1.26. The molecular weight excluding hydrogens is 432 g/mol. The van der Waals surface area contributed by atoms with Crippen LogP contribution in [-0.2, 0) is 12.2 Å². The molecule has 164 valence electrons. The van der Waals surface area contributed by atoms with Crippen molar-refractivity contribution >= 4 is 28.8 Å². The molecule has 2 aromatic heterocycles. The number of hydrogen-bond donors (Lipinski definition) is 1. The Morgan fingerprint density at radius 2 is 1.58 bits per heavy atom. The predicted molar refractivity (Wildman–Crippen MR) is 129 cm³/mol. The molecule has 0 aliphatic heterocycles. The maximum Gasteiger partial charge on any atom is 0.287 e. The molecule has 1 amide bonds. The minimum atomic E-state index is -0.238. The highest BCUT2D eigenvalue weighted by Crippen LogP contribution is 2.27. The van der Waals surface area contributed by atoms with Crippen LogP contribution in [0, 0.1) is 0 Å². The van der Waals surface area contributed by atoms with Crippen LogP contribution in [0.1, 0.15) is 33.5 Å². The van der Waals surface area contributed by atoms with Crippen LogP contribution < -0.4 is 5.32 Å². The first-order valence-electron chi connectivity index (χ1n) is 10.7. The van der Waals surface area contributed by atoms with Crippen LogP contribution in [0.15, 0.2) is 111 Å². The summed E-state index contributed by atoms with van der Waals surface area (Å²) in [7, 11) is 0. The third-order valence-corrected chi connectivity index (χ3v) is 6.14. The van der Waals surface area contributed by atoms with Crippen LogP contribution in [0.5, 0.6) is 0 Å². The number of benzene rings is 3. The molecule has 0 saturated heterocycles. The molecule has 5 nitrogen and oxygen atoms in total. The highest BCUT2D eigenvalue weighted by Gasteiger charge is 2.19. The number of rotatable bonds is 8. The summed E-state index contributed by atoms with van der Waals surface area (Å²) < 4.78 is 11.6. The van der Waals surface area contributed by atoms with Crippen LogP contribution in [0.4, 0.5) is 0 Å². The van der Waals surface area contributed by atoms with E-state index in [0.717, 1.165) is 22.2 Å². The second-order valence-electron chi connectivity index (χ2n) is 7.63. The molecule has 5 aromatic rings. The van der Waals surface area contributed by atoms with E-state index in [-0.39, 0.29) is 17.7 Å². The Labute approximate surface area is 195 Å². The van der Waals surface area contributed by atoms with E-state index in [1.807, 2.05) is 78.9 Å². The van der Waals surface area contributed by atoms with Gasteiger partial charge in [-0.3, -0.25) is 4.79 Å². The van der Waals surface area contributed by atoms with E-state index < -0.39 is 0 Å². The van der Waals surface area contributed by atoms with Crippen LogP contribution in [0.25, 0.3) is 11.1 Å². The molecule has 1 unspecified atom stereocenters. The van der Waals surface area contributed by atoms with E-state index in [1.54, 1.807) is 6.07 Å². The zero-order valence-corrected chi connectivity index (χ0v) is 18.6. The third kappa shape index (κ3) is 5.18. The predicted octanol–water partition coefficient (Wildman–Crippen LogP) is 6.43. The van der Waals surface area contributed by atoms with Crippen molar-refractivity contribution in [3.8, 4) is 0 Å². The normalized spacial score (nSPS) is 12.0. The van der Waals surface area contributed by atoms with E-state index in [0.29, 0.717) is 23.2 Å². The molecule has 0 bridgehead atoms. The quantitative estimate of drug-likeness (QED) is 0.274. The number of fused-ring (bicyclic) bond motifs is 1. The number of aromatic nitrogens is 1. The Bertz CT molecular complexity index is 1310. The number of hydrogen-bond acceptors (Lipinski definition) is 5. The van der Waals surface area contributed by atoms with Crippen molar-refractivity contribution in [2.45, 2.75) is 23.4 Å². The van der Waals surface area contributed by atoms with Crippen molar-refractivity contribution in [2.75, 3.05) is 0 Å². The van der Waals surface area contributed by atoms with Crippen molar-refractivity contribution in [3.63, 3.8) is 0 Å². The lowest BCUT2D eigenvalue weighted by Crippen LogP contribution is -2.29. The first-order valence-corrected chi connectivity index (χ1v) is 11.7. The third-order valence-electron chi connectivity index (χ3n) is 5.29. The molecule has 1 N–H and O–H groups in total. The van der Waals surface area contributed by atoms with Crippen LogP contribution in [0.2, 0.25) is 0 Å². The van der Waals surface area contributed by atoms with E-state index in [9.17, 15) is 4.79 Å². The number of thioether (sulfide) groups is 1. The minimum absolute atomic E-state index is 0.163. The summed E-state index contributed by atoms with van der Waals surface area (Å²) in [6.07, 6.45) is 0.692. The lowest BCUT2D eigenvalue weighted by Gasteiger charge is -2.19. The fraction of sp³-hybridized carbons (Fsp3) is 0.111. The summed E-state index contributed by atoms with van der Waals surface area (Å²) in [5, 5.41) is 3.71. The van der Waals surface area contributed by atoms with Crippen molar-refractivity contribution in [1.29, 1.82) is 0 Å². The molecule has 3 aromatic carbocycles. The summed E-state index contributed by atoms with van der Waals surface area (Å²) in [6.45, 7) is 0. The van der Waals surface area contributed by atoms with E-state index in [2.05, 4.69) is 22.4 Å². The van der Waals surface area contributed by atoms with Gasteiger partial charge in [-0.05, 0) is 41.8 Å². The molecule has 5 rings (SSSR count). The van der Waals surface area contributed by atoms with Gasteiger partial charge >= 0.3 is 0 Å². The number of amides is 1. The Hall–Kier alpha value is -3.77. The summed E-state index contributed by atoms with van der Waals surface area (Å²) in [6, 6.07) is 31.1. The number of oxazole rings is 1. The highest BCUT2D eigenvalue weighted by molar-refractivity contribution is 7.98. The number of carbonyl (C=O) groups excluding carboxylic acids is 1. The highest BCUT2D eigenvalue weighted by atomic mass is 32.2. The molecule has 1 atom stereocenters. The first-order chi connectivity index (χ1) is 16.2. The lowest BCUT2D eigenvalue weighted by atomic mass is 9.99. The van der Waals surface area contributed by atoms with Crippen molar-refractivity contribution in [2.24, 2.45) is 0 Å². The van der Waals surface area contributed by atoms with E-state index >= 15 is 0 Å². The van der Waals surface area contributed by atoms with Gasteiger partial charge in [0.2, 0.25) is 0 Å². The summed E-state index contributed by atoms with van der Waals surface area (Å²) in [4.78, 5) is 17.4. The van der Waals surface area contributed by atoms with Gasteiger partial charge in [0.05, 0.1) is 11.8 Å². The van der Waals surface area contributed by atoms with Crippen molar-refractivity contribution < 1.29 is 13.6 Å². The summed E-state index contributed by atoms with van der Waals surface area (Å²) >= 11 is 1.43. The van der Waals surface area contributed by atoms with Gasteiger partial charge in [-0.25, -0.2) is 4.98 Å². The second kappa shape index (κ2) is 9.79. The Kier molecular flexibility index (Phi) is 6.26. The fourth-order valence-corrected chi connectivity index (χ4v) is 4.37. The van der Waals surface area contributed by atoms with Gasteiger partial charge in [0.25, 0.3) is 11.1 Å². The largest absolute Gasteiger partial charge is 0.455 e. The first kappa shape index (κ1) is 21.1. The molecule has 0 fully saturated rings. The van der Waals surface area contributed by atoms with E-state index in [4.69, 9.17) is 8.83 Å². The smallest absolute Gasteiger partial charge is 0.287 e. The number of para-hydroxylation sites is 2. The Balaban J connectivity index is 1.26. The number of nitrogens with zero attached hydrogens (tertiary/aromatic N) is 1. The number of carbonyl (C=O) groups is 1. The Morgan fingerprint density at radius 3 is 2.36 bits per heavy atom. The minimum Gasteiger partial charge on any atom is -0.455 e. The average Bonchev–Trinajstić information content (AvgIpc) is 3.50. The second-order valence-corrected chi connectivity index (χ2v) is 8.56. The van der Waals surface area contributed by atoms with Gasteiger partial charge in [-0.1, -0.05) is 84.6 Å². The number of furan rings is 1. The molecular formula is C27H22N2O3S. The Morgan fingerprint density at radius 1 is 0.848 bits per heavy atom. The van der Waals surface area contributed by atoms with Gasteiger partial charge in [-0.2, -0.15) is 0 Å². The zero-order valence-electron chi connectivity index (χ0n) is 17.8. The monoisotopic (exact) mass is 454 g/mol. The van der Waals surface area contributed by atoms with Gasteiger partial charge in [0.15, 0.2) is 11.3 Å². The van der Waals surface area contributed by atoms with Crippen LogP contribution >= 0.6 is 11.8 Å². The van der Waals surface area contributed by atoms with E-state index in [1.165, 1.54) is 11.8 Å². The number of nitrogens with one attached hydrogen (secondary N) is 1. The molecule has 33 heavy (non-hydrogen) atoms. The lowest BCUT2D eigenvalue weighted by molar-refractivity contribution is 0.0907. The van der Waals surface area contributed by atoms with Crippen molar-refractivity contribution in [1.82, 2.24) is 10.3 Å². The molecule has 0 saturated carbocycles. The van der Waals surface area contributed by atoms with Gasteiger partial charge in [-0.15, -0.1) is 0 Å². The van der Waals surface area contributed by atoms with Gasteiger partial charge in [0, 0.05) is 0 Å². The van der Waals surface area contributed by atoms with Crippen LogP contribution in [0.3, 0.4) is 0 Å². The fourth-order valence-electron chi connectivity index (χ4n) is 3.64. The molecule has 0 aliphatic carbocycles. The SMILES string of the molecule is O=C(NC(Cc1ccccc1)c1ccccc1)c1ccc(CSc2nc3ccccc3o2)o1.